The van der Waals surface area contributed by atoms with Gasteiger partial charge in [-0.1, -0.05) is 13.8 Å². The minimum atomic E-state index is -1.44. The van der Waals surface area contributed by atoms with E-state index in [-0.39, 0.29) is 12.0 Å². The Morgan fingerprint density at radius 2 is 1.62 bits per heavy atom. The smallest absolute Gasteiger partial charge is 0.194 e. The summed E-state index contributed by atoms with van der Waals surface area (Å²) in [6.45, 7) is 4.48. The molecule has 0 radical (unpaired) electrons. The van der Waals surface area contributed by atoms with Crippen molar-refractivity contribution in [3.05, 3.63) is 65.2 Å². The Labute approximate surface area is 122 Å². The van der Waals surface area contributed by atoms with Gasteiger partial charge in [-0.05, 0) is 41.9 Å². The van der Waals surface area contributed by atoms with Crippen LogP contribution in [0.2, 0.25) is 0 Å². The molecule has 0 aliphatic rings. The molecule has 1 N–H and O–H groups in total. The minimum Gasteiger partial charge on any atom is -0.310 e. The molecule has 0 amide bonds. The number of rotatable bonds is 5. The Hall–Kier alpha value is -1.88. The number of likely N-dealkylation sites (N-methyl/N-ethyl adjacent to an activating group) is 1. The molecule has 2 unspecified atom stereocenters. The van der Waals surface area contributed by atoms with Gasteiger partial charge >= 0.3 is 0 Å². The number of pyridine rings is 1. The Kier molecular flexibility index (Phi) is 4.96. The summed E-state index contributed by atoms with van der Waals surface area (Å²) in [5, 5.41) is 3.19. The molecule has 0 aliphatic heterocycles. The molecule has 112 valence electrons. The van der Waals surface area contributed by atoms with E-state index < -0.39 is 17.5 Å². The quantitative estimate of drug-likeness (QED) is 0.845. The van der Waals surface area contributed by atoms with Crippen molar-refractivity contribution >= 4 is 0 Å². The molecule has 2 nitrogen and oxygen atoms in total. The lowest BCUT2D eigenvalue weighted by molar-refractivity contribution is 0.431. The van der Waals surface area contributed by atoms with Crippen LogP contribution in [-0.4, -0.2) is 11.5 Å². The second kappa shape index (κ2) is 6.72. The fourth-order valence-electron chi connectivity index (χ4n) is 2.42. The summed E-state index contributed by atoms with van der Waals surface area (Å²) in [6.07, 6.45) is 3.33. The Morgan fingerprint density at radius 3 is 2.14 bits per heavy atom. The predicted octanol–water partition coefficient (Wildman–Crippen LogP) is 3.95. The molecule has 1 heterocycles. The summed E-state index contributed by atoms with van der Waals surface area (Å²) < 4.78 is 40.0. The number of halogens is 3. The van der Waals surface area contributed by atoms with Gasteiger partial charge in [0.15, 0.2) is 17.5 Å². The molecular formula is C16H17F3N2. The molecule has 0 spiro atoms. The zero-order valence-electron chi connectivity index (χ0n) is 11.9. The molecule has 0 fully saturated rings. The van der Waals surface area contributed by atoms with Gasteiger partial charge in [-0.3, -0.25) is 4.98 Å². The monoisotopic (exact) mass is 294 g/mol. The maximum atomic E-state index is 13.5. The van der Waals surface area contributed by atoms with Crippen molar-refractivity contribution in [3.8, 4) is 0 Å². The fourth-order valence-corrected chi connectivity index (χ4v) is 2.42. The average molecular weight is 294 g/mol. The van der Waals surface area contributed by atoms with E-state index in [1.165, 1.54) is 0 Å². The van der Waals surface area contributed by atoms with Crippen LogP contribution in [0.3, 0.4) is 0 Å². The standard InChI is InChI=1S/C16H17F3N2/c1-3-21-16(10(2)11-4-6-20-7-5-11)12-8-13(17)15(19)14(18)9-12/h4-10,16,21H,3H2,1-2H3. The fraction of sp³-hybridized carbons (Fsp3) is 0.312. The third kappa shape index (κ3) is 3.42. The molecular weight excluding hydrogens is 277 g/mol. The Morgan fingerprint density at radius 1 is 1.05 bits per heavy atom. The van der Waals surface area contributed by atoms with Gasteiger partial charge in [0.1, 0.15) is 0 Å². The van der Waals surface area contributed by atoms with Crippen LogP contribution in [0.5, 0.6) is 0 Å². The van der Waals surface area contributed by atoms with Gasteiger partial charge in [0.25, 0.3) is 0 Å². The van der Waals surface area contributed by atoms with Gasteiger partial charge in [-0.2, -0.15) is 0 Å². The van der Waals surface area contributed by atoms with E-state index in [1.54, 1.807) is 12.4 Å². The summed E-state index contributed by atoms with van der Waals surface area (Å²) in [6, 6.07) is 5.48. The second-order valence-electron chi connectivity index (χ2n) is 4.90. The van der Waals surface area contributed by atoms with Crippen molar-refractivity contribution in [2.45, 2.75) is 25.8 Å². The molecule has 2 atom stereocenters. The third-order valence-electron chi connectivity index (χ3n) is 3.52. The third-order valence-corrected chi connectivity index (χ3v) is 3.52. The number of nitrogens with zero attached hydrogens (tertiary/aromatic N) is 1. The number of hydrogen-bond acceptors (Lipinski definition) is 2. The first-order valence-corrected chi connectivity index (χ1v) is 6.82. The summed E-state index contributed by atoms with van der Waals surface area (Å²) in [5.74, 6) is -3.83. The Bertz CT molecular complexity index is 579. The summed E-state index contributed by atoms with van der Waals surface area (Å²) in [4.78, 5) is 3.96. The first kappa shape index (κ1) is 15.5. The first-order chi connectivity index (χ1) is 10.0. The lowest BCUT2D eigenvalue weighted by atomic mass is 9.89. The normalized spacial score (nSPS) is 14.0. The molecule has 2 aromatic rings. The van der Waals surface area contributed by atoms with Crippen LogP contribution in [0, 0.1) is 17.5 Å². The van der Waals surface area contributed by atoms with Crippen LogP contribution < -0.4 is 5.32 Å². The van der Waals surface area contributed by atoms with E-state index in [2.05, 4.69) is 10.3 Å². The van der Waals surface area contributed by atoms with Crippen LogP contribution in [0.15, 0.2) is 36.7 Å². The first-order valence-electron chi connectivity index (χ1n) is 6.82. The lowest BCUT2D eigenvalue weighted by Crippen LogP contribution is -2.26. The van der Waals surface area contributed by atoms with Crippen molar-refractivity contribution in [2.24, 2.45) is 0 Å². The molecule has 0 aliphatic carbocycles. The van der Waals surface area contributed by atoms with Crippen LogP contribution in [0.25, 0.3) is 0 Å². The van der Waals surface area contributed by atoms with Gasteiger partial charge in [-0.15, -0.1) is 0 Å². The zero-order valence-corrected chi connectivity index (χ0v) is 11.9. The number of hydrogen-bond donors (Lipinski definition) is 1. The maximum absolute atomic E-state index is 13.5. The highest BCUT2D eigenvalue weighted by Crippen LogP contribution is 2.31. The minimum absolute atomic E-state index is 0.0442. The van der Waals surface area contributed by atoms with Crippen LogP contribution in [-0.2, 0) is 0 Å². The summed E-state index contributed by atoms with van der Waals surface area (Å²) in [5.41, 5.74) is 1.37. The second-order valence-corrected chi connectivity index (χ2v) is 4.90. The van der Waals surface area contributed by atoms with Crippen LogP contribution in [0.4, 0.5) is 13.2 Å². The molecule has 1 aromatic carbocycles. The van der Waals surface area contributed by atoms with E-state index in [1.807, 2.05) is 26.0 Å². The number of aromatic nitrogens is 1. The SMILES string of the molecule is CCNC(c1cc(F)c(F)c(F)c1)C(C)c1ccncc1. The van der Waals surface area contributed by atoms with Crippen molar-refractivity contribution in [2.75, 3.05) is 6.54 Å². The molecule has 2 rings (SSSR count). The van der Waals surface area contributed by atoms with Gasteiger partial charge in [0.2, 0.25) is 0 Å². The number of nitrogens with one attached hydrogen (secondary N) is 1. The Balaban J connectivity index is 2.39. The molecule has 0 saturated carbocycles. The predicted molar refractivity (Wildman–Crippen MR) is 75.4 cm³/mol. The largest absolute Gasteiger partial charge is 0.310 e. The van der Waals surface area contributed by atoms with Gasteiger partial charge in [0, 0.05) is 24.4 Å². The molecule has 0 saturated heterocycles. The number of benzene rings is 1. The maximum Gasteiger partial charge on any atom is 0.194 e. The van der Waals surface area contributed by atoms with Crippen LogP contribution >= 0.6 is 0 Å². The molecule has 1 aromatic heterocycles. The summed E-state index contributed by atoms with van der Waals surface area (Å²) in [7, 11) is 0. The van der Waals surface area contributed by atoms with Crippen LogP contribution in [0.1, 0.15) is 36.9 Å². The highest BCUT2D eigenvalue weighted by atomic mass is 19.2. The van der Waals surface area contributed by atoms with E-state index in [4.69, 9.17) is 0 Å². The van der Waals surface area contributed by atoms with E-state index in [0.29, 0.717) is 12.1 Å². The topological polar surface area (TPSA) is 24.9 Å². The van der Waals surface area contributed by atoms with Crippen molar-refractivity contribution in [1.29, 1.82) is 0 Å². The van der Waals surface area contributed by atoms with Gasteiger partial charge in [0.05, 0.1) is 0 Å². The molecule has 0 bridgehead atoms. The van der Waals surface area contributed by atoms with Crippen molar-refractivity contribution in [1.82, 2.24) is 10.3 Å². The van der Waals surface area contributed by atoms with E-state index in [0.717, 1.165) is 17.7 Å². The van der Waals surface area contributed by atoms with Gasteiger partial charge in [-0.25, -0.2) is 13.2 Å². The van der Waals surface area contributed by atoms with Gasteiger partial charge < -0.3 is 5.32 Å². The molecule has 21 heavy (non-hydrogen) atoms. The van der Waals surface area contributed by atoms with Crippen molar-refractivity contribution < 1.29 is 13.2 Å². The lowest BCUT2D eigenvalue weighted by Gasteiger charge is -2.26. The van der Waals surface area contributed by atoms with Crippen molar-refractivity contribution in [3.63, 3.8) is 0 Å². The summed E-state index contributed by atoms with van der Waals surface area (Å²) >= 11 is 0. The van der Waals surface area contributed by atoms with E-state index in [9.17, 15) is 13.2 Å². The van der Waals surface area contributed by atoms with E-state index >= 15 is 0 Å². The highest BCUT2D eigenvalue weighted by molar-refractivity contribution is 5.28. The average Bonchev–Trinajstić information content (AvgIpc) is 2.50. The zero-order chi connectivity index (χ0) is 15.4. The molecule has 5 heteroatoms. The highest BCUT2D eigenvalue weighted by Gasteiger charge is 2.23.